The Bertz CT molecular complexity index is 124. The fourth-order valence-corrected chi connectivity index (χ4v) is 1.14. The first-order chi connectivity index (χ1) is 5.81. The number of methoxy groups -OCH3 is 1. The lowest BCUT2D eigenvalue weighted by Gasteiger charge is -2.01. The Labute approximate surface area is 83.1 Å². The smallest absolute Gasteiger partial charge is 0.146 e. The lowest BCUT2D eigenvalue weighted by atomic mass is 10.2. The van der Waals surface area contributed by atoms with Gasteiger partial charge in [0.25, 0.3) is 0 Å². The van der Waals surface area contributed by atoms with Gasteiger partial charge in [-0.2, -0.15) is 0 Å². The average molecular weight is 237 g/mol. The van der Waals surface area contributed by atoms with Crippen LogP contribution in [0.25, 0.3) is 0 Å². The number of unbranched alkanes of at least 4 members (excludes halogenated alkanes) is 2. The molecule has 0 rings (SSSR count). The molecule has 0 radical (unpaired) electrons. The lowest BCUT2D eigenvalue weighted by molar-refractivity contribution is -0.0193. The number of hydrogen-bond acceptors (Lipinski definition) is 2. The van der Waals surface area contributed by atoms with Crippen molar-refractivity contribution in [3.05, 3.63) is 10.6 Å². The van der Waals surface area contributed by atoms with Gasteiger partial charge in [-0.25, -0.2) is 0 Å². The van der Waals surface area contributed by atoms with Crippen LogP contribution in [0.2, 0.25) is 0 Å². The van der Waals surface area contributed by atoms with Gasteiger partial charge in [0.15, 0.2) is 0 Å². The highest BCUT2D eigenvalue weighted by molar-refractivity contribution is 9.11. The summed E-state index contributed by atoms with van der Waals surface area (Å²) >= 11 is 3.42. The molecule has 72 valence electrons. The van der Waals surface area contributed by atoms with Crippen molar-refractivity contribution >= 4 is 15.9 Å². The predicted octanol–water partition coefficient (Wildman–Crippen LogP) is 3.08. The summed E-state index contributed by atoms with van der Waals surface area (Å²) in [6.45, 7) is 3.15. The lowest BCUT2D eigenvalue weighted by Crippen LogP contribution is -1.97. The molecule has 0 atom stereocenters. The van der Waals surface area contributed by atoms with Gasteiger partial charge in [-0.15, -0.1) is 0 Å². The molecular weight excluding hydrogens is 220 g/mol. The molecule has 0 heterocycles. The molecule has 0 fully saturated rings. The Morgan fingerprint density at radius 1 is 1.50 bits per heavy atom. The molecule has 0 spiro atoms. The number of hydrogen-bond donors (Lipinski definition) is 0. The number of ether oxygens (including phenoxy) is 2. The van der Waals surface area contributed by atoms with Crippen LogP contribution in [0.4, 0.5) is 0 Å². The van der Waals surface area contributed by atoms with Crippen molar-refractivity contribution in [1.82, 2.24) is 0 Å². The first-order valence-electron chi connectivity index (χ1n) is 4.22. The van der Waals surface area contributed by atoms with Crippen LogP contribution in [-0.2, 0) is 9.47 Å². The minimum absolute atomic E-state index is 0.358. The van der Waals surface area contributed by atoms with Crippen LogP contribution in [0.1, 0.15) is 26.2 Å². The minimum atomic E-state index is 0.358. The molecule has 0 amide bonds. The first kappa shape index (κ1) is 12.1. The molecule has 0 N–H and O–H groups in total. The summed E-state index contributed by atoms with van der Waals surface area (Å²) in [5.41, 5.74) is 0. The second-order valence-electron chi connectivity index (χ2n) is 2.55. The standard InChI is InChI=1S/C9H17BrO2/c1-3-4-5-6-9(10)7-12-8-11-2/h6H,3-5,7-8H2,1-2H3/b9-6+. The van der Waals surface area contributed by atoms with E-state index in [4.69, 9.17) is 9.47 Å². The molecule has 0 aliphatic heterocycles. The van der Waals surface area contributed by atoms with Crippen LogP contribution < -0.4 is 0 Å². The quantitative estimate of drug-likeness (QED) is 0.500. The summed E-state index contributed by atoms with van der Waals surface area (Å²) in [7, 11) is 1.62. The van der Waals surface area contributed by atoms with Gasteiger partial charge in [0.2, 0.25) is 0 Å². The van der Waals surface area contributed by atoms with Crippen LogP contribution in [0.3, 0.4) is 0 Å². The molecule has 0 saturated carbocycles. The van der Waals surface area contributed by atoms with Gasteiger partial charge in [0, 0.05) is 11.6 Å². The van der Waals surface area contributed by atoms with E-state index in [9.17, 15) is 0 Å². The predicted molar refractivity (Wildman–Crippen MR) is 54.4 cm³/mol. The summed E-state index contributed by atoms with van der Waals surface area (Å²) in [6, 6.07) is 0. The molecule has 0 aliphatic carbocycles. The summed E-state index contributed by atoms with van der Waals surface area (Å²) < 4.78 is 11.0. The van der Waals surface area contributed by atoms with Crippen molar-refractivity contribution in [3.8, 4) is 0 Å². The SMILES string of the molecule is CCCC/C=C(/Br)COCOC. The Hall–Kier alpha value is 0.140. The number of rotatable bonds is 7. The fraction of sp³-hybridized carbons (Fsp3) is 0.778. The summed E-state index contributed by atoms with van der Waals surface area (Å²) in [5.74, 6) is 0. The van der Waals surface area contributed by atoms with Crippen LogP contribution in [0, 0.1) is 0 Å². The second kappa shape index (κ2) is 9.23. The van der Waals surface area contributed by atoms with E-state index in [0.29, 0.717) is 13.4 Å². The normalized spacial score (nSPS) is 12.1. The molecule has 2 nitrogen and oxygen atoms in total. The third kappa shape index (κ3) is 8.24. The van der Waals surface area contributed by atoms with Crippen molar-refractivity contribution in [2.75, 3.05) is 20.5 Å². The van der Waals surface area contributed by atoms with Crippen LogP contribution in [0.15, 0.2) is 10.6 Å². The average Bonchev–Trinajstić information content (AvgIpc) is 2.06. The maximum absolute atomic E-state index is 5.14. The second-order valence-corrected chi connectivity index (χ2v) is 3.57. The van der Waals surface area contributed by atoms with Crippen molar-refractivity contribution in [2.24, 2.45) is 0 Å². The largest absolute Gasteiger partial charge is 0.359 e. The maximum atomic E-state index is 5.14. The van der Waals surface area contributed by atoms with Gasteiger partial charge in [0.05, 0.1) is 6.61 Å². The molecule has 0 bridgehead atoms. The summed E-state index contributed by atoms with van der Waals surface area (Å²) in [5, 5.41) is 0. The van der Waals surface area contributed by atoms with Gasteiger partial charge in [-0.05, 0) is 6.42 Å². The molecule has 0 aromatic rings. The topological polar surface area (TPSA) is 18.5 Å². The van der Waals surface area contributed by atoms with Crippen LogP contribution in [-0.4, -0.2) is 20.5 Å². The van der Waals surface area contributed by atoms with Gasteiger partial charge in [0.1, 0.15) is 6.79 Å². The van der Waals surface area contributed by atoms with E-state index in [2.05, 4.69) is 28.9 Å². The van der Waals surface area contributed by atoms with E-state index in [1.165, 1.54) is 12.8 Å². The van der Waals surface area contributed by atoms with E-state index in [1.807, 2.05) is 0 Å². The molecule has 3 heteroatoms. The van der Waals surface area contributed by atoms with E-state index in [0.717, 1.165) is 10.9 Å². The zero-order valence-electron chi connectivity index (χ0n) is 7.81. The highest BCUT2D eigenvalue weighted by Gasteiger charge is 1.90. The number of halogens is 1. The van der Waals surface area contributed by atoms with Crippen LogP contribution in [0.5, 0.6) is 0 Å². The molecule has 0 aromatic heterocycles. The summed E-state index contributed by atoms with van der Waals surface area (Å²) in [6.07, 6.45) is 5.74. The van der Waals surface area contributed by atoms with Crippen molar-refractivity contribution in [1.29, 1.82) is 0 Å². The van der Waals surface area contributed by atoms with E-state index >= 15 is 0 Å². The monoisotopic (exact) mass is 236 g/mol. The molecule has 0 aromatic carbocycles. The van der Waals surface area contributed by atoms with Crippen molar-refractivity contribution in [3.63, 3.8) is 0 Å². The fourth-order valence-electron chi connectivity index (χ4n) is 0.744. The van der Waals surface area contributed by atoms with Gasteiger partial charge in [-0.1, -0.05) is 41.8 Å². The summed E-state index contributed by atoms with van der Waals surface area (Å²) in [4.78, 5) is 0. The minimum Gasteiger partial charge on any atom is -0.359 e. The third-order valence-electron chi connectivity index (χ3n) is 1.36. The Balaban J connectivity index is 3.29. The van der Waals surface area contributed by atoms with Gasteiger partial charge >= 0.3 is 0 Å². The molecule has 12 heavy (non-hydrogen) atoms. The maximum Gasteiger partial charge on any atom is 0.146 e. The third-order valence-corrected chi connectivity index (χ3v) is 1.92. The molecular formula is C9H17BrO2. The molecule has 0 saturated heterocycles. The Morgan fingerprint density at radius 2 is 2.25 bits per heavy atom. The highest BCUT2D eigenvalue weighted by atomic mass is 79.9. The number of allylic oxidation sites excluding steroid dienone is 1. The Morgan fingerprint density at radius 3 is 2.83 bits per heavy atom. The molecule has 0 unspecified atom stereocenters. The van der Waals surface area contributed by atoms with Crippen molar-refractivity contribution < 1.29 is 9.47 Å². The van der Waals surface area contributed by atoms with E-state index in [1.54, 1.807) is 7.11 Å². The van der Waals surface area contributed by atoms with E-state index < -0.39 is 0 Å². The van der Waals surface area contributed by atoms with Crippen LogP contribution >= 0.6 is 15.9 Å². The van der Waals surface area contributed by atoms with Crippen molar-refractivity contribution in [2.45, 2.75) is 26.2 Å². The van der Waals surface area contributed by atoms with Gasteiger partial charge < -0.3 is 9.47 Å². The molecule has 0 aliphatic rings. The van der Waals surface area contributed by atoms with E-state index in [-0.39, 0.29) is 0 Å². The Kier molecular flexibility index (Phi) is 9.34. The first-order valence-corrected chi connectivity index (χ1v) is 5.01. The zero-order chi connectivity index (χ0) is 9.23. The zero-order valence-corrected chi connectivity index (χ0v) is 9.39. The van der Waals surface area contributed by atoms with Gasteiger partial charge in [-0.3, -0.25) is 0 Å². The highest BCUT2D eigenvalue weighted by Crippen LogP contribution is 2.08.